The highest BCUT2D eigenvalue weighted by atomic mass is 32.2. The first-order chi connectivity index (χ1) is 6.57. The Morgan fingerprint density at radius 3 is 2.93 bits per heavy atom. The number of fused-ring (bicyclic) bond motifs is 1. The van der Waals surface area contributed by atoms with E-state index < -0.39 is 10.0 Å². The molecule has 0 aromatic heterocycles. The quantitative estimate of drug-likeness (QED) is 0.687. The number of hydrogen-bond donors (Lipinski definition) is 0. The highest BCUT2D eigenvalue weighted by Crippen LogP contribution is 2.19. The molecule has 14 heavy (non-hydrogen) atoms. The molecule has 0 unspecified atom stereocenters. The van der Waals surface area contributed by atoms with Gasteiger partial charge in [0, 0.05) is 13.1 Å². The molecule has 0 saturated carbocycles. The Balaban J connectivity index is 2.30. The second-order valence-electron chi connectivity index (χ2n) is 3.54. The van der Waals surface area contributed by atoms with Crippen molar-refractivity contribution in [3.8, 4) is 0 Å². The Morgan fingerprint density at radius 2 is 2.21 bits per heavy atom. The predicted octanol–water partition coefficient (Wildman–Crippen LogP) is 0.804. The summed E-state index contributed by atoms with van der Waals surface area (Å²) < 4.78 is 24.1. The summed E-state index contributed by atoms with van der Waals surface area (Å²) in [6.45, 7) is 1.08. The van der Waals surface area contributed by atoms with Gasteiger partial charge >= 0.3 is 0 Å². The van der Waals surface area contributed by atoms with Gasteiger partial charge < -0.3 is 0 Å². The molecule has 0 atom stereocenters. The third-order valence-corrected chi connectivity index (χ3v) is 3.75. The molecule has 0 amide bonds. The maximum atomic E-state index is 11.3. The smallest absolute Gasteiger partial charge is 0.211 e. The van der Waals surface area contributed by atoms with Crippen LogP contribution in [0.3, 0.4) is 0 Å². The van der Waals surface area contributed by atoms with Crippen molar-refractivity contribution < 1.29 is 8.42 Å². The maximum absolute atomic E-state index is 11.3. The topological polar surface area (TPSA) is 37.4 Å². The molecule has 2 rings (SSSR count). The molecular formula is C10H12NO2S. The van der Waals surface area contributed by atoms with Crippen LogP contribution in [0.15, 0.2) is 18.2 Å². The Kier molecular flexibility index (Phi) is 2.33. The average molecular weight is 210 g/mol. The minimum absolute atomic E-state index is 0.492. The Hall–Kier alpha value is -0.870. The summed E-state index contributed by atoms with van der Waals surface area (Å²) in [6.07, 6.45) is 2.06. The minimum atomic E-state index is -3.05. The molecule has 0 aliphatic carbocycles. The van der Waals surface area contributed by atoms with Crippen molar-refractivity contribution in [2.24, 2.45) is 0 Å². The van der Waals surface area contributed by atoms with E-state index in [4.69, 9.17) is 0 Å². The van der Waals surface area contributed by atoms with Crippen molar-refractivity contribution in [1.29, 1.82) is 0 Å². The third-order valence-electron chi connectivity index (χ3n) is 2.50. The van der Waals surface area contributed by atoms with Gasteiger partial charge in [-0.05, 0) is 29.7 Å². The van der Waals surface area contributed by atoms with E-state index >= 15 is 0 Å². The van der Waals surface area contributed by atoms with E-state index in [0.717, 1.165) is 12.0 Å². The lowest BCUT2D eigenvalue weighted by molar-refractivity contribution is 0.395. The second-order valence-corrected chi connectivity index (χ2v) is 5.52. The maximum Gasteiger partial charge on any atom is 0.211 e. The van der Waals surface area contributed by atoms with Crippen LogP contribution >= 0.6 is 0 Å². The van der Waals surface area contributed by atoms with Crippen molar-refractivity contribution in [2.75, 3.05) is 12.8 Å². The van der Waals surface area contributed by atoms with Crippen LogP contribution in [0.1, 0.15) is 11.1 Å². The van der Waals surface area contributed by atoms with Gasteiger partial charge in [0.2, 0.25) is 10.0 Å². The molecule has 0 saturated heterocycles. The molecule has 0 fully saturated rings. The van der Waals surface area contributed by atoms with E-state index in [0.29, 0.717) is 13.1 Å². The lowest BCUT2D eigenvalue weighted by Gasteiger charge is -2.26. The van der Waals surface area contributed by atoms with Crippen molar-refractivity contribution in [3.05, 3.63) is 35.4 Å². The minimum Gasteiger partial charge on any atom is -0.212 e. The Morgan fingerprint density at radius 1 is 1.43 bits per heavy atom. The predicted molar refractivity (Wildman–Crippen MR) is 54.2 cm³/mol. The summed E-state index contributed by atoms with van der Waals surface area (Å²) in [5.74, 6) is 0. The third kappa shape index (κ3) is 1.81. The summed E-state index contributed by atoms with van der Waals surface area (Å²) >= 11 is 0. The fraction of sp³-hybridized carbons (Fsp3) is 0.400. The molecule has 1 heterocycles. The number of nitrogens with zero attached hydrogens (tertiary/aromatic N) is 1. The Labute approximate surface area is 84.4 Å². The monoisotopic (exact) mass is 210 g/mol. The number of hydrogen-bond acceptors (Lipinski definition) is 2. The van der Waals surface area contributed by atoms with Crippen molar-refractivity contribution in [1.82, 2.24) is 4.31 Å². The van der Waals surface area contributed by atoms with E-state index in [1.165, 1.54) is 16.1 Å². The van der Waals surface area contributed by atoms with Crippen LogP contribution in [-0.2, 0) is 23.0 Å². The molecule has 1 aromatic carbocycles. The molecule has 3 nitrogen and oxygen atoms in total. The lowest BCUT2D eigenvalue weighted by atomic mass is 10.0. The highest BCUT2D eigenvalue weighted by Gasteiger charge is 2.22. The first-order valence-corrected chi connectivity index (χ1v) is 6.35. The normalized spacial score (nSPS) is 17.8. The molecule has 0 spiro atoms. The summed E-state index contributed by atoms with van der Waals surface area (Å²) in [5.41, 5.74) is 2.31. The lowest BCUT2D eigenvalue weighted by Crippen LogP contribution is -2.35. The molecule has 1 aromatic rings. The van der Waals surface area contributed by atoms with Crippen LogP contribution in [0.25, 0.3) is 0 Å². The zero-order valence-corrected chi connectivity index (χ0v) is 8.84. The molecular weight excluding hydrogens is 198 g/mol. The van der Waals surface area contributed by atoms with Gasteiger partial charge in [0.05, 0.1) is 6.26 Å². The van der Waals surface area contributed by atoms with Gasteiger partial charge in [-0.1, -0.05) is 12.1 Å². The van der Waals surface area contributed by atoms with Gasteiger partial charge in [0.25, 0.3) is 0 Å². The molecule has 1 radical (unpaired) electrons. The summed E-state index contributed by atoms with van der Waals surface area (Å²) in [6, 6.07) is 8.72. The van der Waals surface area contributed by atoms with Crippen molar-refractivity contribution in [2.45, 2.75) is 13.0 Å². The molecule has 4 heteroatoms. The van der Waals surface area contributed by atoms with Gasteiger partial charge in [0.1, 0.15) is 0 Å². The van der Waals surface area contributed by atoms with Crippen molar-refractivity contribution in [3.63, 3.8) is 0 Å². The molecule has 0 N–H and O–H groups in total. The van der Waals surface area contributed by atoms with Crippen LogP contribution in [0.2, 0.25) is 0 Å². The second kappa shape index (κ2) is 3.37. The fourth-order valence-electron chi connectivity index (χ4n) is 1.69. The molecule has 0 bridgehead atoms. The van der Waals surface area contributed by atoms with Crippen LogP contribution in [-0.4, -0.2) is 25.5 Å². The standard InChI is InChI=1S/C10H12NO2S/c1-14(12,13)11-7-6-9-4-2-3-5-10(9)8-11/h2,4-5H,6-8H2,1H3. The van der Waals surface area contributed by atoms with E-state index in [1.807, 2.05) is 18.2 Å². The fourth-order valence-corrected chi connectivity index (χ4v) is 2.48. The van der Waals surface area contributed by atoms with Crippen molar-refractivity contribution >= 4 is 10.0 Å². The van der Waals surface area contributed by atoms with Gasteiger partial charge in [-0.25, -0.2) is 8.42 Å². The summed E-state index contributed by atoms with van der Waals surface area (Å²) in [4.78, 5) is 0. The van der Waals surface area contributed by atoms with E-state index in [9.17, 15) is 8.42 Å². The van der Waals surface area contributed by atoms with Crippen LogP contribution in [0.5, 0.6) is 0 Å². The van der Waals surface area contributed by atoms with Gasteiger partial charge in [-0.2, -0.15) is 4.31 Å². The molecule has 1 aliphatic rings. The first kappa shape index (κ1) is 9.68. The SMILES string of the molecule is CS(=O)(=O)N1CCc2cc[c]cc2C1. The van der Waals surface area contributed by atoms with Crippen LogP contribution in [0.4, 0.5) is 0 Å². The first-order valence-electron chi connectivity index (χ1n) is 4.50. The van der Waals surface area contributed by atoms with Gasteiger partial charge in [-0.3, -0.25) is 0 Å². The largest absolute Gasteiger partial charge is 0.212 e. The van der Waals surface area contributed by atoms with E-state index in [1.54, 1.807) is 0 Å². The highest BCUT2D eigenvalue weighted by molar-refractivity contribution is 7.88. The number of benzene rings is 1. The molecule has 1 aliphatic heterocycles. The van der Waals surface area contributed by atoms with Gasteiger partial charge in [0.15, 0.2) is 0 Å². The zero-order valence-electron chi connectivity index (χ0n) is 8.03. The zero-order chi connectivity index (χ0) is 10.2. The Bertz CT molecular complexity index is 439. The van der Waals surface area contributed by atoms with Gasteiger partial charge in [-0.15, -0.1) is 0 Å². The number of rotatable bonds is 1. The van der Waals surface area contributed by atoms with Crippen LogP contribution < -0.4 is 0 Å². The van der Waals surface area contributed by atoms with E-state index in [2.05, 4.69) is 6.07 Å². The molecule has 75 valence electrons. The summed E-state index contributed by atoms with van der Waals surface area (Å²) in [5, 5.41) is 0. The average Bonchev–Trinajstić information content (AvgIpc) is 2.16. The van der Waals surface area contributed by atoms with Crippen LogP contribution in [0, 0.1) is 6.07 Å². The van der Waals surface area contributed by atoms with E-state index in [-0.39, 0.29) is 0 Å². The number of sulfonamides is 1. The summed E-state index contributed by atoms with van der Waals surface area (Å²) in [7, 11) is -3.05.